The third-order valence-corrected chi connectivity index (χ3v) is 14.3. The van der Waals surface area contributed by atoms with E-state index < -0.39 is 5.41 Å². The number of allylic oxidation sites excluding steroid dienone is 2. The molecule has 2 bridgehead atoms. The van der Waals surface area contributed by atoms with E-state index in [0.29, 0.717) is 18.4 Å². The lowest BCUT2D eigenvalue weighted by molar-refractivity contribution is -0.196. The lowest BCUT2D eigenvalue weighted by Crippen LogP contribution is -2.65. The summed E-state index contributed by atoms with van der Waals surface area (Å²) in [5.41, 5.74) is 0.603. The van der Waals surface area contributed by atoms with Crippen LogP contribution in [0.1, 0.15) is 66.2 Å². The molecule has 1 spiro atoms. The number of carbonyl (C=O) groups is 3. The fourth-order valence-electron chi connectivity index (χ4n) is 10.4. The number of hydrogen-bond acceptors (Lipinski definition) is 7. The van der Waals surface area contributed by atoms with Crippen molar-refractivity contribution >= 4 is 41.3 Å². The van der Waals surface area contributed by atoms with Gasteiger partial charge in [0.25, 0.3) is 0 Å². The lowest BCUT2D eigenvalue weighted by atomic mass is 9.34. The highest BCUT2D eigenvalue weighted by Gasteiger charge is 2.73. The van der Waals surface area contributed by atoms with Gasteiger partial charge in [0.15, 0.2) is 0 Å². The number of imide groups is 1. The van der Waals surface area contributed by atoms with Crippen molar-refractivity contribution in [3.63, 3.8) is 0 Å². The zero-order valence-electron chi connectivity index (χ0n) is 24.4. The highest BCUT2D eigenvalue weighted by atomic mass is 32.2. The largest absolute Gasteiger partial charge is 0.469 e. The Bertz CT molecular complexity index is 1070. The van der Waals surface area contributed by atoms with Gasteiger partial charge in [0.1, 0.15) is 0 Å². The minimum absolute atomic E-state index is 0.0427. The van der Waals surface area contributed by atoms with E-state index in [0.717, 1.165) is 68.3 Å². The summed E-state index contributed by atoms with van der Waals surface area (Å²) in [6, 6.07) is 0. The maximum atomic E-state index is 14.3. The second-order valence-electron chi connectivity index (χ2n) is 14.0. The second kappa shape index (κ2) is 10.1. The van der Waals surface area contributed by atoms with Crippen LogP contribution in [-0.4, -0.2) is 71.0 Å². The van der Waals surface area contributed by atoms with E-state index in [9.17, 15) is 14.4 Å². The first-order valence-electron chi connectivity index (χ1n) is 15.1. The number of likely N-dealkylation sites (tertiary alicyclic amines) is 1. The smallest absolute Gasteiger partial charge is 0.311 e. The van der Waals surface area contributed by atoms with Crippen LogP contribution < -0.4 is 0 Å². The Kier molecular flexibility index (Phi) is 7.27. The van der Waals surface area contributed by atoms with Crippen molar-refractivity contribution < 1.29 is 19.1 Å². The molecule has 6 nitrogen and oxygen atoms in total. The molecular weight excluding hydrogens is 528 g/mol. The van der Waals surface area contributed by atoms with Crippen LogP contribution in [0, 0.1) is 51.8 Å². The van der Waals surface area contributed by atoms with E-state index in [-0.39, 0.29) is 52.3 Å². The normalized spacial score (nSPS) is 44.0. The van der Waals surface area contributed by atoms with E-state index in [2.05, 4.69) is 38.7 Å². The first-order chi connectivity index (χ1) is 18.6. The number of esters is 1. The van der Waals surface area contributed by atoms with Crippen LogP contribution in [0.4, 0.5) is 0 Å². The summed E-state index contributed by atoms with van der Waals surface area (Å²) in [6.07, 6.45) is 8.26. The summed E-state index contributed by atoms with van der Waals surface area (Å²) in [7, 11) is 1.52. The molecule has 7 rings (SSSR count). The van der Waals surface area contributed by atoms with Gasteiger partial charge in [-0.15, -0.1) is 23.5 Å². The van der Waals surface area contributed by atoms with Crippen molar-refractivity contribution in [1.29, 1.82) is 0 Å². The van der Waals surface area contributed by atoms with Gasteiger partial charge in [0.2, 0.25) is 11.8 Å². The van der Waals surface area contributed by atoms with Crippen LogP contribution in [0.5, 0.6) is 0 Å². The minimum atomic E-state index is -0.477. The predicted molar refractivity (Wildman–Crippen MR) is 157 cm³/mol. The van der Waals surface area contributed by atoms with Crippen LogP contribution in [0.3, 0.4) is 0 Å². The minimum Gasteiger partial charge on any atom is -0.469 e. The van der Waals surface area contributed by atoms with Gasteiger partial charge in [-0.05, 0) is 68.1 Å². The molecule has 3 saturated carbocycles. The van der Waals surface area contributed by atoms with Crippen molar-refractivity contribution in [2.75, 3.05) is 43.5 Å². The summed E-state index contributed by atoms with van der Waals surface area (Å²) in [6.45, 7) is 10.3. The Morgan fingerprint density at radius 2 is 1.77 bits per heavy atom. The number of methoxy groups -OCH3 is 1. The molecule has 2 amide bonds. The topological polar surface area (TPSA) is 66.9 Å². The summed E-state index contributed by atoms with van der Waals surface area (Å²) >= 11 is 3.89. The zero-order chi connectivity index (χ0) is 27.7. The first kappa shape index (κ1) is 28.1. The molecule has 8 unspecified atom stereocenters. The summed E-state index contributed by atoms with van der Waals surface area (Å²) in [4.78, 5) is 45.6. The van der Waals surface area contributed by atoms with E-state index in [1.165, 1.54) is 12.7 Å². The zero-order valence-corrected chi connectivity index (χ0v) is 26.0. The van der Waals surface area contributed by atoms with Gasteiger partial charge in [0.05, 0.1) is 24.4 Å². The monoisotopic (exact) mass is 574 g/mol. The fraction of sp³-hybridized carbons (Fsp3) is 0.839. The molecule has 216 valence electrons. The van der Waals surface area contributed by atoms with E-state index >= 15 is 0 Å². The van der Waals surface area contributed by atoms with Gasteiger partial charge < -0.3 is 4.74 Å². The number of thioether (sulfide) groups is 2. The maximum absolute atomic E-state index is 14.3. The predicted octanol–water partition coefficient (Wildman–Crippen LogP) is 5.28. The summed E-state index contributed by atoms with van der Waals surface area (Å²) < 4.78 is 5.37. The molecule has 8 heteroatoms. The summed E-state index contributed by atoms with van der Waals surface area (Å²) in [5, 5.41) is 0. The van der Waals surface area contributed by atoms with Gasteiger partial charge in [-0.25, -0.2) is 0 Å². The average molecular weight is 575 g/mol. The molecule has 5 aliphatic carbocycles. The molecule has 2 aliphatic heterocycles. The Hall–Kier alpha value is -0.990. The van der Waals surface area contributed by atoms with Gasteiger partial charge in [-0.2, -0.15) is 0 Å². The lowest BCUT2D eigenvalue weighted by Gasteiger charge is -2.68. The third-order valence-electron chi connectivity index (χ3n) is 12.0. The fourth-order valence-corrected chi connectivity index (χ4v) is 12.6. The van der Waals surface area contributed by atoms with Crippen LogP contribution >= 0.6 is 23.5 Å². The average Bonchev–Trinajstić information content (AvgIpc) is 3.06. The van der Waals surface area contributed by atoms with Crippen molar-refractivity contribution in [2.24, 2.45) is 51.8 Å². The van der Waals surface area contributed by atoms with Gasteiger partial charge in [-0.3, -0.25) is 24.2 Å². The van der Waals surface area contributed by atoms with Crippen LogP contribution in [0.25, 0.3) is 0 Å². The van der Waals surface area contributed by atoms with Crippen molar-refractivity contribution in [2.45, 2.75) is 66.2 Å². The highest BCUT2D eigenvalue weighted by molar-refractivity contribution is 8.03. The van der Waals surface area contributed by atoms with Crippen molar-refractivity contribution in [1.82, 2.24) is 9.80 Å². The van der Waals surface area contributed by atoms with E-state index in [4.69, 9.17) is 4.74 Å². The molecule has 0 aromatic rings. The highest BCUT2D eigenvalue weighted by Crippen LogP contribution is 2.74. The van der Waals surface area contributed by atoms with Gasteiger partial charge in [0, 0.05) is 41.8 Å². The molecular formula is C31H46N2O4S2. The standard InChI is InChI=1S/C31H46N2O4S2/c1-19(2)21-16-31-10-7-22-29(3,8-6-9-30(22,4)28(36)37-5)23(31)15-20(21)24-25(31)27(35)33(26(24)34)12-11-32-17-38-13-14-39-18-32/h16,19-20,22-25H,6-15,17-18H2,1-5H3. The number of amides is 2. The number of carbonyl (C=O) groups excluding carboxylic acids is 3. The molecule has 8 atom stereocenters. The molecule has 5 fully saturated rings. The Morgan fingerprint density at radius 3 is 2.44 bits per heavy atom. The quantitative estimate of drug-likeness (QED) is 0.251. The van der Waals surface area contributed by atoms with Crippen LogP contribution in [0.2, 0.25) is 0 Å². The van der Waals surface area contributed by atoms with Crippen molar-refractivity contribution in [3.8, 4) is 0 Å². The Balaban J connectivity index is 1.35. The number of ether oxygens (including phenoxy) is 1. The molecule has 2 heterocycles. The molecule has 0 radical (unpaired) electrons. The van der Waals surface area contributed by atoms with Gasteiger partial charge in [-0.1, -0.05) is 38.8 Å². The Labute approximate surface area is 242 Å². The molecule has 39 heavy (non-hydrogen) atoms. The van der Waals surface area contributed by atoms with Crippen LogP contribution in [0.15, 0.2) is 11.6 Å². The maximum Gasteiger partial charge on any atom is 0.311 e. The SMILES string of the molecule is COC(=O)C1(C)CCCC2(C)C1CCC13C=C(C(C)C)C(CC21)C1C(=O)N(CCN2CSCCSC2)C(=O)C13. The molecule has 7 aliphatic rings. The van der Waals surface area contributed by atoms with Gasteiger partial charge >= 0.3 is 5.97 Å². The van der Waals surface area contributed by atoms with Crippen LogP contribution in [-0.2, 0) is 19.1 Å². The molecule has 0 aromatic carbocycles. The number of rotatable bonds is 5. The number of nitrogens with zero attached hydrogens (tertiary/aromatic N) is 2. The third kappa shape index (κ3) is 4.04. The van der Waals surface area contributed by atoms with Crippen molar-refractivity contribution in [3.05, 3.63) is 11.6 Å². The summed E-state index contributed by atoms with van der Waals surface area (Å²) in [5.74, 6) is 4.99. The first-order valence-corrected chi connectivity index (χ1v) is 17.4. The molecule has 2 saturated heterocycles. The molecule has 0 N–H and O–H groups in total. The Morgan fingerprint density at radius 1 is 1.05 bits per heavy atom. The van der Waals surface area contributed by atoms with E-state index in [1.807, 2.05) is 23.5 Å². The second-order valence-corrected chi connectivity index (χ2v) is 16.1. The van der Waals surface area contributed by atoms with E-state index in [1.54, 1.807) is 4.90 Å². The number of hydrogen-bond donors (Lipinski definition) is 0. The molecule has 0 aromatic heterocycles. The number of fused-ring (bicyclic) bond motifs is 1.